The van der Waals surface area contributed by atoms with E-state index >= 15 is 0 Å². The third-order valence-electron chi connectivity index (χ3n) is 2.40. The Morgan fingerprint density at radius 2 is 2.10 bits per heavy atom. The fourth-order valence-corrected chi connectivity index (χ4v) is 4.22. The van der Waals surface area contributed by atoms with Gasteiger partial charge < -0.3 is 5.11 Å². The molecule has 1 aromatic heterocycles. The second-order valence-corrected chi connectivity index (χ2v) is 7.17. The van der Waals surface area contributed by atoms with Crippen molar-refractivity contribution in [2.75, 3.05) is 0 Å². The topological polar surface area (TPSA) is 63.4 Å². The molecule has 1 heterocycles. The molecule has 0 aliphatic heterocycles. The molecule has 106 valence electrons. The van der Waals surface area contributed by atoms with Gasteiger partial charge in [-0.05, 0) is 25.1 Å². The second-order valence-electron chi connectivity index (χ2n) is 3.93. The van der Waals surface area contributed by atoms with Crippen molar-refractivity contribution in [3.05, 3.63) is 49.3 Å². The molecule has 0 spiro atoms. The van der Waals surface area contributed by atoms with Gasteiger partial charge >= 0.3 is 0 Å². The molecule has 1 atom stereocenters. The summed E-state index contributed by atoms with van der Waals surface area (Å²) in [5.41, 5.74) is -0.0352. The highest BCUT2D eigenvalue weighted by Gasteiger charge is 2.22. The van der Waals surface area contributed by atoms with Gasteiger partial charge in [-0.15, -0.1) is 11.3 Å². The van der Waals surface area contributed by atoms with Gasteiger partial charge in [0.25, 0.3) is 5.69 Å². The van der Waals surface area contributed by atoms with Gasteiger partial charge in [0, 0.05) is 20.9 Å². The lowest BCUT2D eigenvalue weighted by Crippen LogP contribution is -1.87. The lowest BCUT2D eigenvalue weighted by molar-refractivity contribution is -0.387. The normalized spacial score (nSPS) is 12.4. The minimum atomic E-state index is -0.747. The number of nitro groups is 1. The molecule has 20 heavy (non-hydrogen) atoms. The van der Waals surface area contributed by atoms with Crippen LogP contribution in [0.1, 0.15) is 17.9 Å². The van der Waals surface area contributed by atoms with Crippen molar-refractivity contribution in [3.8, 4) is 0 Å². The number of halogens is 2. The minimum absolute atomic E-state index is 0.0352. The Morgan fingerprint density at radius 3 is 2.70 bits per heavy atom. The smallest absolute Gasteiger partial charge is 0.294 e. The highest BCUT2D eigenvalue weighted by atomic mass is 35.5. The van der Waals surface area contributed by atoms with Gasteiger partial charge in [-0.3, -0.25) is 10.1 Å². The average molecular weight is 350 g/mol. The lowest BCUT2D eigenvalue weighted by Gasteiger charge is -2.02. The maximum atomic E-state index is 11.1. The highest BCUT2D eigenvalue weighted by molar-refractivity contribution is 8.01. The van der Waals surface area contributed by atoms with Crippen molar-refractivity contribution in [1.82, 2.24) is 0 Å². The molecule has 2 rings (SSSR count). The number of thiophene rings is 1. The number of hydrogen-bond donors (Lipinski definition) is 1. The molecule has 0 bridgehead atoms. The van der Waals surface area contributed by atoms with E-state index in [2.05, 4.69) is 0 Å². The van der Waals surface area contributed by atoms with E-state index in [1.807, 2.05) is 0 Å². The van der Waals surface area contributed by atoms with Crippen molar-refractivity contribution >= 4 is 52.0 Å². The average Bonchev–Trinajstić information content (AvgIpc) is 2.78. The Kier molecular flexibility index (Phi) is 4.93. The number of benzene rings is 1. The standard InChI is InChI=1S/C12H9Cl2NO3S2/c1-6(16)10-5-9(15(17)18)12(19-10)20-11-4-7(13)2-3-8(11)14/h2-6,16H,1H3/t6-/m0/s1. The van der Waals surface area contributed by atoms with E-state index in [1.165, 1.54) is 29.2 Å². The molecule has 0 fully saturated rings. The van der Waals surface area contributed by atoms with Crippen molar-refractivity contribution in [2.24, 2.45) is 0 Å². The Labute approximate surface area is 133 Å². The van der Waals surface area contributed by atoms with E-state index in [9.17, 15) is 15.2 Å². The van der Waals surface area contributed by atoms with Crippen LogP contribution in [0.5, 0.6) is 0 Å². The van der Waals surface area contributed by atoms with Crippen LogP contribution < -0.4 is 0 Å². The summed E-state index contributed by atoms with van der Waals surface area (Å²) in [7, 11) is 0. The maximum absolute atomic E-state index is 11.1. The zero-order valence-corrected chi connectivity index (χ0v) is 13.3. The van der Waals surface area contributed by atoms with Crippen molar-refractivity contribution < 1.29 is 10.0 Å². The molecule has 8 heteroatoms. The summed E-state index contributed by atoms with van der Waals surface area (Å²) in [5.74, 6) is 0. The zero-order chi connectivity index (χ0) is 14.9. The first-order chi connectivity index (χ1) is 9.38. The molecule has 1 aromatic carbocycles. The minimum Gasteiger partial charge on any atom is -0.388 e. The molecule has 4 nitrogen and oxygen atoms in total. The first-order valence-corrected chi connectivity index (χ1v) is 7.86. The third kappa shape index (κ3) is 3.45. The molecule has 2 aromatic rings. The quantitative estimate of drug-likeness (QED) is 0.610. The molecular formula is C12H9Cl2NO3S2. The molecule has 0 unspecified atom stereocenters. The van der Waals surface area contributed by atoms with Crippen molar-refractivity contribution in [2.45, 2.75) is 22.1 Å². The van der Waals surface area contributed by atoms with E-state index < -0.39 is 11.0 Å². The molecule has 0 aliphatic carbocycles. The Balaban J connectivity index is 2.42. The lowest BCUT2D eigenvalue weighted by atomic mass is 10.3. The summed E-state index contributed by atoms with van der Waals surface area (Å²) >= 11 is 14.3. The van der Waals surface area contributed by atoms with Gasteiger partial charge in [-0.2, -0.15) is 0 Å². The predicted molar refractivity (Wildman–Crippen MR) is 82.2 cm³/mol. The third-order valence-corrected chi connectivity index (χ3v) is 5.62. The van der Waals surface area contributed by atoms with Crippen LogP contribution in [-0.2, 0) is 0 Å². The van der Waals surface area contributed by atoms with Crippen molar-refractivity contribution in [3.63, 3.8) is 0 Å². The van der Waals surface area contributed by atoms with Gasteiger partial charge in [-0.25, -0.2) is 0 Å². The summed E-state index contributed by atoms with van der Waals surface area (Å²) in [6, 6.07) is 6.33. The van der Waals surface area contributed by atoms with E-state index in [0.717, 1.165) is 0 Å². The van der Waals surface area contributed by atoms with Gasteiger partial charge in [0.05, 0.1) is 16.0 Å². The maximum Gasteiger partial charge on any atom is 0.294 e. The van der Waals surface area contributed by atoms with Gasteiger partial charge in [0.2, 0.25) is 0 Å². The van der Waals surface area contributed by atoms with Crippen LogP contribution in [0.4, 0.5) is 5.69 Å². The molecule has 0 aliphatic rings. The number of nitrogens with zero attached hydrogens (tertiary/aromatic N) is 1. The van der Waals surface area contributed by atoms with Gasteiger partial charge in [0.1, 0.15) is 4.21 Å². The zero-order valence-electron chi connectivity index (χ0n) is 10.2. The highest BCUT2D eigenvalue weighted by Crippen LogP contribution is 2.45. The van der Waals surface area contributed by atoms with E-state index in [-0.39, 0.29) is 5.69 Å². The SMILES string of the molecule is C[C@H](O)c1cc([N+](=O)[O-])c(Sc2cc(Cl)ccc2Cl)s1. The van der Waals surface area contributed by atoms with E-state index in [4.69, 9.17) is 23.2 Å². The molecular weight excluding hydrogens is 341 g/mol. The molecule has 1 N–H and O–H groups in total. The Hall–Kier alpha value is -0.790. The summed E-state index contributed by atoms with van der Waals surface area (Å²) in [5, 5.41) is 21.6. The molecule has 0 amide bonds. The van der Waals surface area contributed by atoms with Crippen LogP contribution in [0.2, 0.25) is 10.0 Å². The molecule has 0 saturated carbocycles. The van der Waals surface area contributed by atoms with Crippen LogP contribution in [-0.4, -0.2) is 10.0 Å². The van der Waals surface area contributed by atoms with Crippen LogP contribution in [0.25, 0.3) is 0 Å². The summed E-state index contributed by atoms with van der Waals surface area (Å²) < 4.78 is 0.468. The summed E-state index contributed by atoms with van der Waals surface area (Å²) in [4.78, 5) is 11.8. The number of aliphatic hydroxyl groups excluding tert-OH is 1. The number of rotatable bonds is 4. The van der Waals surface area contributed by atoms with Crippen molar-refractivity contribution in [1.29, 1.82) is 0 Å². The monoisotopic (exact) mass is 349 g/mol. The number of aliphatic hydroxyl groups is 1. The Morgan fingerprint density at radius 1 is 1.40 bits per heavy atom. The van der Waals surface area contributed by atoms with Gasteiger partial charge in [0.15, 0.2) is 0 Å². The van der Waals surface area contributed by atoms with Crippen LogP contribution in [0, 0.1) is 10.1 Å². The predicted octanol–water partition coefficient (Wildman–Crippen LogP) is 5.17. The summed E-state index contributed by atoms with van der Waals surface area (Å²) in [6.07, 6.45) is -0.747. The fourth-order valence-electron chi connectivity index (χ4n) is 1.44. The largest absolute Gasteiger partial charge is 0.388 e. The Bertz CT molecular complexity index is 658. The first-order valence-electron chi connectivity index (χ1n) is 5.47. The van der Waals surface area contributed by atoms with Gasteiger partial charge in [-0.1, -0.05) is 35.0 Å². The van der Waals surface area contributed by atoms with Crippen LogP contribution in [0.15, 0.2) is 33.4 Å². The number of hydrogen-bond acceptors (Lipinski definition) is 5. The van der Waals surface area contributed by atoms with Crippen LogP contribution >= 0.6 is 46.3 Å². The summed E-state index contributed by atoms with van der Waals surface area (Å²) in [6.45, 7) is 1.57. The fraction of sp³-hybridized carbons (Fsp3) is 0.167. The van der Waals surface area contributed by atoms with E-state index in [1.54, 1.807) is 25.1 Å². The molecule has 0 radical (unpaired) electrons. The van der Waals surface area contributed by atoms with Crippen LogP contribution in [0.3, 0.4) is 0 Å². The second kappa shape index (κ2) is 6.32. The first kappa shape index (κ1) is 15.6. The van der Waals surface area contributed by atoms with E-state index in [0.29, 0.717) is 24.0 Å². The molecule has 0 saturated heterocycles.